The molecule has 1 aromatic heterocycles. The number of hydrogen-bond acceptors (Lipinski definition) is 5. The molecule has 0 saturated carbocycles. The van der Waals surface area contributed by atoms with Crippen molar-refractivity contribution < 1.29 is 9.32 Å². The molecule has 1 amide bonds. The summed E-state index contributed by atoms with van der Waals surface area (Å²) in [6.07, 6.45) is 2.01. The number of nitrogens with zero attached hydrogens (tertiary/aromatic N) is 3. The quantitative estimate of drug-likeness (QED) is 0.820. The molecule has 2 heterocycles. The Kier molecular flexibility index (Phi) is 3.73. The van der Waals surface area contributed by atoms with Crippen LogP contribution in [0.5, 0.6) is 0 Å². The monoisotopic (exact) mass is 238 g/mol. The molecule has 17 heavy (non-hydrogen) atoms. The Labute approximate surface area is 100 Å². The minimum atomic E-state index is 0.136. The fourth-order valence-corrected chi connectivity index (χ4v) is 2.16. The van der Waals surface area contributed by atoms with E-state index < -0.39 is 0 Å². The minimum absolute atomic E-state index is 0.136. The van der Waals surface area contributed by atoms with E-state index in [1.54, 1.807) is 14.0 Å². The van der Waals surface area contributed by atoms with Crippen LogP contribution in [0.15, 0.2) is 4.52 Å². The minimum Gasteiger partial charge on any atom is -0.341 e. The van der Waals surface area contributed by atoms with E-state index in [0.29, 0.717) is 19.0 Å². The maximum absolute atomic E-state index is 11.8. The number of carbonyl (C=O) groups is 1. The molecule has 0 aromatic carbocycles. The molecule has 6 nitrogen and oxygen atoms in total. The Morgan fingerprint density at radius 2 is 2.47 bits per heavy atom. The molecule has 2 rings (SSSR count). The molecule has 1 aromatic rings. The Bertz CT molecular complexity index is 391. The summed E-state index contributed by atoms with van der Waals surface area (Å²) in [6, 6.07) is 0. The second-order valence-corrected chi connectivity index (χ2v) is 4.38. The van der Waals surface area contributed by atoms with Gasteiger partial charge in [-0.3, -0.25) is 4.79 Å². The number of hydrogen-bond donors (Lipinski definition) is 1. The van der Waals surface area contributed by atoms with Gasteiger partial charge in [-0.05, 0) is 19.9 Å². The van der Waals surface area contributed by atoms with Gasteiger partial charge in [0.25, 0.3) is 0 Å². The molecule has 1 N–H and O–H groups in total. The van der Waals surface area contributed by atoms with Crippen molar-refractivity contribution in [3.63, 3.8) is 0 Å². The fraction of sp³-hybridized carbons (Fsp3) is 0.727. The summed E-state index contributed by atoms with van der Waals surface area (Å²) in [5.41, 5.74) is 0. The van der Waals surface area contributed by atoms with Crippen LogP contribution in [0.2, 0.25) is 0 Å². The first-order valence-corrected chi connectivity index (χ1v) is 5.93. The Balaban J connectivity index is 1.99. The molecule has 94 valence electrons. The number of likely N-dealkylation sites (tertiary alicyclic amines) is 1. The van der Waals surface area contributed by atoms with E-state index in [-0.39, 0.29) is 11.8 Å². The van der Waals surface area contributed by atoms with E-state index >= 15 is 0 Å². The molecule has 1 aliphatic heterocycles. The number of rotatable bonds is 3. The second kappa shape index (κ2) is 5.27. The largest absolute Gasteiger partial charge is 0.341 e. The van der Waals surface area contributed by atoms with Gasteiger partial charge in [0, 0.05) is 25.9 Å². The number of piperidine rings is 1. The zero-order chi connectivity index (χ0) is 12.3. The molecule has 1 fully saturated rings. The lowest BCUT2D eigenvalue weighted by molar-refractivity contribution is -0.131. The van der Waals surface area contributed by atoms with Gasteiger partial charge in [-0.25, -0.2) is 0 Å². The lowest BCUT2D eigenvalue weighted by Crippen LogP contribution is -2.43. The summed E-state index contributed by atoms with van der Waals surface area (Å²) in [7, 11) is 1.78. The summed E-state index contributed by atoms with van der Waals surface area (Å²) in [4.78, 5) is 17.9. The molecule has 1 atom stereocenters. The van der Waals surface area contributed by atoms with E-state index in [9.17, 15) is 4.79 Å². The van der Waals surface area contributed by atoms with Crippen molar-refractivity contribution in [2.24, 2.45) is 0 Å². The van der Waals surface area contributed by atoms with Gasteiger partial charge in [0.15, 0.2) is 5.82 Å². The number of nitrogens with one attached hydrogen (secondary N) is 1. The molecule has 1 aliphatic rings. The highest BCUT2D eigenvalue weighted by Gasteiger charge is 2.27. The van der Waals surface area contributed by atoms with Crippen LogP contribution in [0.4, 0.5) is 0 Å². The van der Waals surface area contributed by atoms with Gasteiger partial charge in [0.2, 0.25) is 11.8 Å². The molecule has 0 radical (unpaired) electrons. The van der Waals surface area contributed by atoms with Crippen molar-refractivity contribution in [2.75, 3.05) is 26.7 Å². The van der Waals surface area contributed by atoms with Gasteiger partial charge in [0.1, 0.15) is 0 Å². The summed E-state index contributed by atoms with van der Waals surface area (Å²) in [5.74, 6) is 1.66. The van der Waals surface area contributed by atoms with Crippen LogP contribution >= 0.6 is 0 Å². The van der Waals surface area contributed by atoms with E-state index in [1.165, 1.54) is 0 Å². The predicted molar refractivity (Wildman–Crippen MR) is 61.5 cm³/mol. The van der Waals surface area contributed by atoms with Crippen molar-refractivity contribution in [3.05, 3.63) is 11.7 Å². The summed E-state index contributed by atoms with van der Waals surface area (Å²) >= 11 is 0. The van der Waals surface area contributed by atoms with Crippen LogP contribution < -0.4 is 5.32 Å². The SMILES string of the molecule is CNCC(=O)N1CCCC(c2noc(C)n2)C1. The van der Waals surface area contributed by atoms with Crippen LogP contribution in [0.1, 0.15) is 30.5 Å². The lowest BCUT2D eigenvalue weighted by atomic mass is 9.97. The molecule has 6 heteroatoms. The normalized spacial score (nSPS) is 20.6. The fourth-order valence-electron chi connectivity index (χ4n) is 2.16. The third-order valence-corrected chi connectivity index (χ3v) is 3.01. The van der Waals surface area contributed by atoms with E-state index in [2.05, 4.69) is 15.5 Å². The molecular weight excluding hydrogens is 220 g/mol. The van der Waals surface area contributed by atoms with Gasteiger partial charge >= 0.3 is 0 Å². The van der Waals surface area contributed by atoms with Crippen LogP contribution in [0, 0.1) is 6.92 Å². The molecule has 1 saturated heterocycles. The standard InChI is InChI=1S/C11H18N4O2/c1-8-13-11(14-17-8)9-4-3-5-15(7-9)10(16)6-12-2/h9,12H,3-7H2,1-2H3. The van der Waals surface area contributed by atoms with Gasteiger partial charge in [-0.15, -0.1) is 0 Å². The van der Waals surface area contributed by atoms with Crippen LogP contribution in [-0.2, 0) is 4.79 Å². The maximum Gasteiger partial charge on any atom is 0.236 e. The van der Waals surface area contributed by atoms with Gasteiger partial charge < -0.3 is 14.7 Å². The van der Waals surface area contributed by atoms with Crippen LogP contribution in [-0.4, -0.2) is 47.6 Å². The molecule has 0 aliphatic carbocycles. The Morgan fingerprint density at radius 3 is 3.12 bits per heavy atom. The van der Waals surface area contributed by atoms with Crippen molar-refractivity contribution >= 4 is 5.91 Å². The second-order valence-electron chi connectivity index (χ2n) is 4.38. The Morgan fingerprint density at radius 1 is 1.65 bits per heavy atom. The highest BCUT2D eigenvalue weighted by atomic mass is 16.5. The number of aromatic nitrogens is 2. The summed E-state index contributed by atoms with van der Waals surface area (Å²) < 4.78 is 4.98. The van der Waals surface area contributed by atoms with Crippen LogP contribution in [0.3, 0.4) is 0 Å². The van der Waals surface area contributed by atoms with Crippen molar-refractivity contribution in [2.45, 2.75) is 25.7 Å². The number of aryl methyl sites for hydroxylation is 1. The van der Waals surface area contributed by atoms with Gasteiger partial charge in [-0.1, -0.05) is 5.16 Å². The zero-order valence-corrected chi connectivity index (χ0v) is 10.3. The highest BCUT2D eigenvalue weighted by Crippen LogP contribution is 2.24. The van der Waals surface area contributed by atoms with Crippen molar-refractivity contribution in [3.8, 4) is 0 Å². The van der Waals surface area contributed by atoms with Crippen molar-refractivity contribution in [1.82, 2.24) is 20.4 Å². The first-order chi connectivity index (χ1) is 8.20. The molecular formula is C11H18N4O2. The molecule has 1 unspecified atom stereocenters. The molecule has 0 bridgehead atoms. The lowest BCUT2D eigenvalue weighted by Gasteiger charge is -2.31. The van der Waals surface area contributed by atoms with Gasteiger partial charge in [0.05, 0.1) is 6.54 Å². The zero-order valence-electron chi connectivity index (χ0n) is 10.3. The third kappa shape index (κ3) is 2.82. The average molecular weight is 238 g/mol. The number of amides is 1. The number of likely N-dealkylation sites (N-methyl/N-ethyl adjacent to an activating group) is 1. The molecule has 0 spiro atoms. The number of carbonyl (C=O) groups excluding carboxylic acids is 1. The first kappa shape index (κ1) is 12.0. The van der Waals surface area contributed by atoms with E-state index in [4.69, 9.17) is 4.52 Å². The first-order valence-electron chi connectivity index (χ1n) is 5.93. The predicted octanol–water partition coefficient (Wildman–Crippen LogP) is 0.303. The topological polar surface area (TPSA) is 71.3 Å². The highest BCUT2D eigenvalue weighted by molar-refractivity contribution is 5.78. The maximum atomic E-state index is 11.8. The van der Waals surface area contributed by atoms with E-state index in [1.807, 2.05) is 4.90 Å². The summed E-state index contributed by atoms with van der Waals surface area (Å²) in [6.45, 7) is 3.69. The smallest absolute Gasteiger partial charge is 0.236 e. The van der Waals surface area contributed by atoms with Crippen molar-refractivity contribution in [1.29, 1.82) is 0 Å². The third-order valence-electron chi connectivity index (χ3n) is 3.01. The summed E-state index contributed by atoms with van der Waals surface area (Å²) in [5, 5.41) is 6.82. The van der Waals surface area contributed by atoms with E-state index in [0.717, 1.165) is 25.2 Å². The Hall–Kier alpha value is -1.43. The van der Waals surface area contributed by atoms with Crippen LogP contribution in [0.25, 0.3) is 0 Å². The average Bonchev–Trinajstić information content (AvgIpc) is 2.76. The van der Waals surface area contributed by atoms with Gasteiger partial charge in [-0.2, -0.15) is 4.98 Å².